The Hall–Kier alpha value is -1.09. The van der Waals surface area contributed by atoms with Crippen molar-refractivity contribution in [1.29, 1.82) is 0 Å². The molecule has 0 spiro atoms. The van der Waals surface area contributed by atoms with Gasteiger partial charge in [0.25, 0.3) is 0 Å². The molecule has 2 fully saturated rings. The molecule has 2 saturated carbocycles. The Morgan fingerprint density at radius 1 is 1.39 bits per heavy atom. The fourth-order valence-electron chi connectivity index (χ4n) is 4.27. The van der Waals surface area contributed by atoms with Crippen LogP contribution in [0.4, 0.5) is 5.82 Å². The second-order valence-corrected chi connectivity index (χ2v) is 6.03. The number of pyridine rings is 1. The summed E-state index contributed by atoms with van der Waals surface area (Å²) in [5.41, 5.74) is 8.61. The maximum absolute atomic E-state index is 6.11. The number of anilines is 1. The van der Waals surface area contributed by atoms with Gasteiger partial charge in [0, 0.05) is 17.8 Å². The first kappa shape index (κ1) is 12.0. The van der Waals surface area contributed by atoms with Crippen molar-refractivity contribution in [2.24, 2.45) is 17.8 Å². The van der Waals surface area contributed by atoms with Gasteiger partial charge in [0.2, 0.25) is 0 Å². The lowest BCUT2D eigenvalue weighted by atomic mass is 9.79. The van der Waals surface area contributed by atoms with Crippen molar-refractivity contribution in [3.8, 4) is 0 Å². The molecule has 3 nitrogen and oxygen atoms in total. The quantitative estimate of drug-likeness (QED) is 0.860. The average Bonchev–Trinajstić information content (AvgIpc) is 2.96. The summed E-state index contributed by atoms with van der Waals surface area (Å²) >= 11 is 0. The molecule has 0 amide bonds. The van der Waals surface area contributed by atoms with Gasteiger partial charge in [0.15, 0.2) is 0 Å². The molecule has 4 unspecified atom stereocenters. The van der Waals surface area contributed by atoms with Crippen molar-refractivity contribution >= 4 is 5.82 Å². The number of aryl methyl sites for hydroxylation is 1. The van der Waals surface area contributed by atoms with Crippen LogP contribution < -0.4 is 11.1 Å². The van der Waals surface area contributed by atoms with Crippen molar-refractivity contribution in [1.82, 2.24) is 10.3 Å². The monoisotopic (exact) mass is 245 g/mol. The zero-order chi connectivity index (χ0) is 12.7. The van der Waals surface area contributed by atoms with Crippen LogP contribution in [0.3, 0.4) is 0 Å². The highest BCUT2D eigenvalue weighted by molar-refractivity contribution is 5.46. The third-order valence-electron chi connectivity index (χ3n) is 5.08. The summed E-state index contributed by atoms with van der Waals surface area (Å²) < 4.78 is 0. The van der Waals surface area contributed by atoms with E-state index in [0.717, 1.165) is 17.8 Å². The average molecular weight is 245 g/mol. The molecular formula is C15H23N3. The first-order chi connectivity index (χ1) is 8.70. The fourth-order valence-corrected chi connectivity index (χ4v) is 4.27. The maximum atomic E-state index is 6.11. The van der Waals surface area contributed by atoms with Gasteiger partial charge < -0.3 is 11.1 Å². The second-order valence-electron chi connectivity index (χ2n) is 6.03. The lowest BCUT2D eigenvalue weighted by Gasteiger charge is -2.32. The second kappa shape index (κ2) is 4.54. The number of fused-ring (bicyclic) bond motifs is 2. The van der Waals surface area contributed by atoms with Crippen molar-refractivity contribution in [2.45, 2.75) is 38.6 Å². The zero-order valence-corrected chi connectivity index (χ0v) is 11.3. The molecule has 0 aromatic carbocycles. The normalized spacial score (nSPS) is 31.8. The SMILES string of the molecule is CNC(c1c(C)ccnc1N)C1CC2CCC1C2. The number of nitrogens with two attached hydrogens (primary N) is 1. The Balaban J connectivity index is 1.93. The highest BCUT2D eigenvalue weighted by Gasteiger charge is 2.43. The number of nitrogens with one attached hydrogen (secondary N) is 1. The van der Waals surface area contributed by atoms with E-state index in [4.69, 9.17) is 5.73 Å². The van der Waals surface area contributed by atoms with E-state index in [1.54, 1.807) is 0 Å². The summed E-state index contributed by atoms with van der Waals surface area (Å²) in [5.74, 6) is 3.32. The van der Waals surface area contributed by atoms with E-state index in [1.165, 1.54) is 36.8 Å². The number of hydrogen-bond donors (Lipinski definition) is 2. The molecule has 3 rings (SSSR count). The van der Waals surface area contributed by atoms with Gasteiger partial charge in [-0.25, -0.2) is 4.98 Å². The molecule has 4 atom stereocenters. The molecule has 1 heterocycles. The first-order valence-electron chi connectivity index (χ1n) is 7.09. The number of nitrogens with zero attached hydrogens (tertiary/aromatic N) is 1. The summed E-state index contributed by atoms with van der Waals surface area (Å²) in [7, 11) is 2.06. The van der Waals surface area contributed by atoms with E-state index >= 15 is 0 Å². The Kier molecular flexibility index (Phi) is 3.02. The number of hydrogen-bond acceptors (Lipinski definition) is 3. The molecule has 3 N–H and O–H groups in total. The topological polar surface area (TPSA) is 50.9 Å². The van der Waals surface area contributed by atoms with Crippen molar-refractivity contribution in [3.05, 3.63) is 23.4 Å². The highest BCUT2D eigenvalue weighted by atomic mass is 14.9. The Bertz CT molecular complexity index is 423. The van der Waals surface area contributed by atoms with Crippen LogP contribution >= 0.6 is 0 Å². The highest BCUT2D eigenvalue weighted by Crippen LogP contribution is 2.53. The summed E-state index contributed by atoms with van der Waals surface area (Å²) in [4.78, 5) is 4.28. The van der Waals surface area contributed by atoms with Crippen LogP contribution in [0.25, 0.3) is 0 Å². The van der Waals surface area contributed by atoms with Gasteiger partial charge in [-0.15, -0.1) is 0 Å². The lowest BCUT2D eigenvalue weighted by molar-refractivity contribution is 0.259. The van der Waals surface area contributed by atoms with Crippen LogP contribution in [-0.4, -0.2) is 12.0 Å². The minimum absolute atomic E-state index is 0.383. The van der Waals surface area contributed by atoms with Crippen molar-refractivity contribution in [2.75, 3.05) is 12.8 Å². The van der Waals surface area contributed by atoms with Crippen LogP contribution in [0.15, 0.2) is 12.3 Å². The van der Waals surface area contributed by atoms with Gasteiger partial charge in [-0.2, -0.15) is 0 Å². The minimum Gasteiger partial charge on any atom is -0.383 e. The van der Waals surface area contributed by atoms with Crippen LogP contribution in [-0.2, 0) is 0 Å². The predicted octanol–water partition coefficient (Wildman–Crippen LogP) is 2.67. The zero-order valence-electron chi connectivity index (χ0n) is 11.3. The standard InChI is InChI=1S/C15H23N3/c1-9-5-6-18-15(16)13(9)14(17-2)12-8-10-3-4-11(12)7-10/h5-6,10-12,14,17H,3-4,7-8H2,1-2H3,(H2,16,18). The third-order valence-corrected chi connectivity index (χ3v) is 5.08. The van der Waals surface area contributed by atoms with Crippen LogP contribution in [0.5, 0.6) is 0 Å². The molecule has 98 valence electrons. The summed E-state index contributed by atoms with van der Waals surface area (Å²) in [6, 6.07) is 2.46. The molecule has 0 aliphatic heterocycles. The van der Waals surface area contributed by atoms with Gasteiger partial charge in [0.05, 0.1) is 0 Å². The molecule has 18 heavy (non-hydrogen) atoms. The van der Waals surface area contributed by atoms with E-state index in [-0.39, 0.29) is 0 Å². The van der Waals surface area contributed by atoms with Gasteiger partial charge in [-0.05, 0) is 62.6 Å². The molecule has 2 aliphatic carbocycles. The maximum Gasteiger partial charge on any atom is 0.128 e. The molecule has 0 saturated heterocycles. The van der Waals surface area contributed by atoms with E-state index in [2.05, 4.69) is 30.3 Å². The lowest BCUT2D eigenvalue weighted by Crippen LogP contribution is -2.30. The molecule has 2 aliphatic rings. The van der Waals surface area contributed by atoms with Gasteiger partial charge in [-0.3, -0.25) is 0 Å². The van der Waals surface area contributed by atoms with Crippen LogP contribution in [0.2, 0.25) is 0 Å². The molecule has 2 bridgehead atoms. The largest absolute Gasteiger partial charge is 0.383 e. The van der Waals surface area contributed by atoms with E-state index in [0.29, 0.717) is 11.9 Å². The molecule has 3 heteroatoms. The first-order valence-corrected chi connectivity index (χ1v) is 7.09. The predicted molar refractivity (Wildman–Crippen MR) is 74.1 cm³/mol. The van der Waals surface area contributed by atoms with Gasteiger partial charge in [0.1, 0.15) is 5.82 Å². The van der Waals surface area contributed by atoms with Crippen molar-refractivity contribution < 1.29 is 0 Å². The number of aromatic nitrogens is 1. The molecule has 1 aromatic rings. The van der Waals surface area contributed by atoms with Crippen LogP contribution in [0.1, 0.15) is 42.9 Å². The molecule has 0 radical (unpaired) electrons. The van der Waals surface area contributed by atoms with E-state index in [9.17, 15) is 0 Å². The summed E-state index contributed by atoms with van der Waals surface area (Å²) in [6.45, 7) is 2.14. The summed E-state index contributed by atoms with van der Waals surface area (Å²) in [6.07, 6.45) is 7.46. The summed E-state index contributed by atoms with van der Waals surface area (Å²) in [5, 5.41) is 3.51. The Morgan fingerprint density at radius 3 is 2.78 bits per heavy atom. The third kappa shape index (κ3) is 1.81. The fraction of sp³-hybridized carbons (Fsp3) is 0.667. The van der Waals surface area contributed by atoms with E-state index < -0.39 is 0 Å². The minimum atomic E-state index is 0.383. The Labute approximate surface area is 109 Å². The number of nitrogen functional groups attached to an aromatic ring is 1. The molecule has 1 aromatic heterocycles. The Morgan fingerprint density at radius 2 is 2.22 bits per heavy atom. The van der Waals surface area contributed by atoms with E-state index in [1.807, 2.05) is 6.20 Å². The van der Waals surface area contributed by atoms with Crippen LogP contribution in [0, 0.1) is 24.7 Å². The van der Waals surface area contributed by atoms with Gasteiger partial charge >= 0.3 is 0 Å². The van der Waals surface area contributed by atoms with Gasteiger partial charge in [-0.1, -0.05) is 6.42 Å². The number of rotatable bonds is 3. The molecular weight excluding hydrogens is 222 g/mol. The van der Waals surface area contributed by atoms with Crippen molar-refractivity contribution in [3.63, 3.8) is 0 Å². The smallest absolute Gasteiger partial charge is 0.128 e.